The second kappa shape index (κ2) is 9.70. The van der Waals surface area contributed by atoms with Crippen molar-refractivity contribution in [2.45, 2.75) is 24.9 Å². The maximum absolute atomic E-state index is 14.0. The first-order valence-corrected chi connectivity index (χ1v) is 13.1. The highest BCUT2D eigenvalue weighted by Gasteiger charge is 2.50. The number of carbonyl (C=O) groups is 2. The molecule has 5 heterocycles. The van der Waals surface area contributed by atoms with Gasteiger partial charge < -0.3 is 33.5 Å². The number of rotatable bonds is 4. The first-order chi connectivity index (χ1) is 19.6. The van der Waals surface area contributed by atoms with Crippen molar-refractivity contribution in [3.8, 4) is 0 Å². The van der Waals surface area contributed by atoms with Crippen LogP contribution in [-0.2, 0) is 30.3 Å². The standard InChI is InChI=1S/C29H28N4O7/c1-37-29(36)40-17-39-27-22(34)10-12-32-26(27)28(35)31-13-14-38-16-23(31)33(32)25-20-7-3-2-5-19(20)15-30-11-9-18-6-4-8-21(25)24(18)30/h2-12,22-23,25,34H,13-17H2,1H3. The fourth-order valence-corrected chi connectivity index (χ4v) is 6.17. The summed E-state index contributed by atoms with van der Waals surface area (Å²) in [6, 6.07) is 16.4. The third-order valence-corrected chi connectivity index (χ3v) is 7.89. The molecular formula is C29H28N4O7. The maximum atomic E-state index is 14.0. The lowest BCUT2D eigenvalue weighted by molar-refractivity contribution is -0.191. The number of hydrogen-bond acceptors (Lipinski definition) is 9. The Bertz CT molecular complexity index is 1560. The number of benzene rings is 2. The summed E-state index contributed by atoms with van der Waals surface area (Å²) in [5.74, 6) is -0.306. The zero-order valence-electron chi connectivity index (χ0n) is 21.8. The molecule has 7 rings (SSSR count). The fraction of sp³-hybridized carbons (Fsp3) is 0.310. The van der Waals surface area contributed by atoms with Crippen molar-refractivity contribution in [2.24, 2.45) is 0 Å². The third-order valence-electron chi connectivity index (χ3n) is 7.89. The third kappa shape index (κ3) is 3.77. The van der Waals surface area contributed by atoms with Crippen LogP contribution in [0.1, 0.15) is 22.7 Å². The molecule has 3 atom stereocenters. The molecule has 4 aliphatic heterocycles. The summed E-state index contributed by atoms with van der Waals surface area (Å²) in [6.07, 6.45) is 2.79. The van der Waals surface area contributed by atoms with E-state index in [0.29, 0.717) is 26.3 Å². The maximum Gasteiger partial charge on any atom is 0.510 e. The molecule has 4 aliphatic rings. The van der Waals surface area contributed by atoms with Gasteiger partial charge in [-0.1, -0.05) is 42.5 Å². The van der Waals surface area contributed by atoms with Crippen molar-refractivity contribution in [1.29, 1.82) is 0 Å². The Labute approximate surface area is 229 Å². The van der Waals surface area contributed by atoms with Crippen molar-refractivity contribution in [2.75, 3.05) is 33.7 Å². The molecule has 0 aliphatic carbocycles. The average molecular weight is 545 g/mol. The molecule has 1 aromatic heterocycles. The first-order valence-electron chi connectivity index (χ1n) is 13.1. The predicted octanol–water partition coefficient (Wildman–Crippen LogP) is 2.67. The predicted molar refractivity (Wildman–Crippen MR) is 141 cm³/mol. The number of aliphatic hydroxyl groups excluding tert-OH is 1. The van der Waals surface area contributed by atoms with Crippen LogP contribution in [0, 0.1) is 0 Å². The number of hydrogen-bond donors (Lipinski definition) is 1. The molecule has 0 radical (unpaired) electrons. The van der Waals surface area contributed by atoms with Gasteiger partial charge in [0.25, 0.3) is 5.91 Å². The Hall–Kier alpha value is -4.32. The SMILES string of the molecule is COC(=O)OCOC1=C2C(=O)N3CCOCC3N(C3c4ccccc4Cn4ccc5cccc3c54)N2C=CC1O. The number of amides is 1. The number of para-hydroxylation sites is 1. The molecule has 1 N–H and O–H groups in total. The van der Waals surface area contributed by atoms with E-state index in [1.807, 2.05) is 12.1 Å². The molecule has 2 saturated heterocycles. The molecule has 0 saturated carbocycles. The van der Waals surface area contributed by atoms with Crippen LogP contribution >= 0.6 is 0 Å². The minimum atomic E-state index is -1.21. The van der Waals surface area contributed by atoms with Crippen molar-refractivity contribution >= 4 is 23.0 Å². The first kappa shape index (κ1) is 24.7. The Kier molecular flexibility index (Phi) is 5.99. The smallest absolute Gasteiger partial charge is 0.456 e. The van der Waals surface area contributed by atoms with E-state index in [-0.39, 0.29) is 23.4 Å². The van der Waals surface area contributed by atoms with E-state index < -0.39 is 25.2 Å². The second-order valence-electron chi connectivity index (χ2n) is 9.97. The Morgan fingerprint density at radius 2 is 1.98 bits per heavy atom. The van der Waals surface area contributed by atoms with Crippen molar-refractivity contribution in [3.63, 3.8) is 0 Å². The van der Waals surface area contributed by atoms with Gasteiger partial charge in [-0.15, -0.1) is 0 Å². The molecule has 3 aromatic rings. The fourth-order valence-electron chi connectivity index (χ4n) is 6.17. The lowest BCUT2D eigenvalue weighted by Gasteiger charge is -2.55. The summed E-state index contributed by atoms with van der Waals surface area (Å²) in [5, 5.41) is 15.9. The number of nitrogens with zero attached hydrogens (tertiary/aromatic N) is 4. The van der Waals surface area contributed by atoms with Crippen LogP contribution in [0.15, 0.2) is 78.5 Å². The van der Waals surface area contributed by atoms with Gasteiger partial charge in [-0.2, -0.15) is 5.01 Å². The van der Waals surface area contributed by atoms with E-state index in [2.05, 4.69) is 56.9 Å². The van der Waals surface area contributed by atoms with Crippen LogP contribution in [0.3, 0.4) is 0 Å². The van der Waals surface area contributed by atoms with E-state index >= 15 is 0 Å². The van der Waals surface area contributed by atoms with Gasteiger partial charge in [0, 0.05) is 25.5 Å². The van der Waals surface area contributed by atoms with Gasteiger partial charge in [0.15, 0.2) is 11.5 Å². The Morgan fingerprint density at radius 1 is 1.12 bits per heavy atom. The van der Waals surface area contributed by atoms with Crippen LogP contribution in [0.2, 0.25) is 0 Å². The van der Waals surface area contributed by atoms with E-state index in [4.69, 9.17) is 14.2 Å². The molecule has 40 heavy (non-hydrogen) atoms. The minimum absolute atomic E-state index is 0.00478. The van der Waals surface area contributed by atoms with E-state index in [0.717, 1.165) is 27.6 Å². The Morgan fingerprint density at radius 3 is 2.85 bits per heavy atom. The number of morpholine rings is 1. The van der Waals surface area contributed by atoms with Gasteiger partial charge in [-0.3, -0.25) is 9.80 Å². The van der Waals surface area contributed by atoms with Crippen LogP contribution in [-0.4, -0.2) is 82.6 Å². The number of methoxy groups -OCH3 is 1. The molecule has 11 nitrogen and oxygen atoms in total. The van der Waals surface area contributed by atoms with E-state index in [9.17, 15) is 14.7 Å². The number of hydrazine groups is 1. The second-order valence-corrected chi connectivity index (χ2v) is 9.97. The normalized spacial score (nSPS) is 23.9. The summed E-state index contributed by atoms with van der Waals surface area (Å²) >= 11 is 0. The minimum Gasteiger partial charge on any atom is -0.456 e. The van der Waals surface area contributed by atoms with Crippen molar-refractivity contribution in [3.05, 3.63) is 95.2 Å². The zero-order valence-corrected chi connectivity index (χ0v) is 21.8. The number of aliphatic hydroxyl groups is 1. The Balaban J connectivity index is 1.41. The van der Waals surface area contributed by atoms with Gasteiger partial charge in [0.1, 0.15) is 12.3 Å². The number of fused-ring (bicyclic) bond motifs is 3. The molecular weight excluding hydrogens is 516 g/mol. The molecule has 0 bridgehead atoms. The highest BCUT2D eigenvalue weighted by molar-refractivity contribution is 5.95. The lowest BCUT2D eigenvalue weighted by Crippen LogP contribution is -2.68. The van der Waals surface area contributed by atoms with Crippen molar-refractivity contribution in [1.82, 2.24) is 19.5 Å². The van der Waals surface area contributed by atoms with E-state index in [1.54, 1.807) is 22.2 Å². The van der Waals surface area contributed by atoms with Crippen LogP contribution in [0.4, 0.5) is 4.79 Å². The largest absolute Gasteiger partial charge is 0.510 e. The molecule has 11 heteroatoms. The van der Waals surface area contributed by atoms with Gasteiger partial charge in [-0.25, -0.2) is 4.79 Å². The van der Waals surface area contributed by atoms with Crippen molar-refractivity contribution < 1.29 is 33.6 Å². The highest BCUT2D eigenvalue weighted by atomic mass is 16.8. The number of aromatic nitrogens is 1. The van der Waals surface area contributed by atoms with Gasteiger partial charge >= 0.3 is 6.16 Å². The molecule has 3 unspecified atom stereocenters. The van der Waals surface area contributed by atoms with E-state index in [1.165, 1.54) is 7.11 Å². The molecule has 0 spiro atoms. The van der Waals surface area contributed by atoms with Gasteiger partial charge in [-0.05, 0) is 34.2 Å². The molecule has 1 amide bonds. The molecule has 2 aromatic carbocycles. The molecule has 2 fully saturated rings. The van der Waals surface area contributed by atoms with Crippen LogP contribution in [0.5, 0.6) is 0 Å². The lowest BCUT2D eigenvalue weighted by atomic mass is 9.92. The summed E-state index contributed by atoms with van der Waals surface area (Å²) in [5.41, 5.74) is 4.64. The summed E-state index contributed by atoms with van der Waals surface area (Å²) in [7, 11) is 1.19. The van der Waals surface area contributed by atoms with Gasteiger partial charge in [0.05, 0.1) is 31.9 Å². The average Bonchev–Trinajstić information content (AvgIpc) is 3.33. The van der Waals surface area contributed by atoms with Crippen LogP contribution < -0.4 is 0 Å². The number of carbonyl (C=O) groups excluding carboxylic acids is 2. The monoisotopic (exact) mass is 544 g/mol. The number of ether oxygens (including phenoxy) is 4. The quantitative estimate of drug-likeness (QED) is 0.392. The summed E-state index contributed by atoms with van der Waals surface area (Å²) in [4.78, 5) is 27.3. The highest BCUT2D eigenvalue weighted by Crippen LogP contribution is 2.45. The van der Waals surface area contributed by atoms with Crippen LogP contribution in [0.25, 0.3) is 10.9 Å². The topological polar surface area (TPSA) is 106 Å². The summed E-state index contributed by atoms with van der Waals surface area (Å²) < 4.78 is 23.3. The zero-order chi connectivity index (χ0) is 27.4. The van der Waals surface area contributed by atoms with Gasteiger partial charge in [0.2, 0.25) is 6.79 Å². The molecule has 206 valence electrons. The summed E-state index contributed by atoms with van der Waals surface area (Å²) in [6.45, 7) is 1.26.